The Balaban J connectivity index is 0. The molecule has 8 heteroatoms. The van der Waals surface area contributed by atoms with Gasteiger partial charge in [-0.05, 0) is 47.5 Å². The fourth-order valence-electron chi connectivity index (χ4n) is 1.90. The van der Waals surface area contributed by atoms with E-state index in [2.05, 4.69) is 20.8 Å². The summed E-state index contributed by atoms with van der Waals surface area (Å²) in [6.07, 6.45) is -5.21. The molecule has 0 aromatic rings. The van der Waals surface area contributed by atoms with Gasteiger partial charge >= 0.3 is 12.2 Å². The SMILES string of the molecule is CC(C)(C)N(CC(O)C(O)CN(C(=O)O)C(C)(C)C)C(=O)O.C[C](C)C. The van der Waals surface area contributed by atoms with Gasteiger partial charge in [-0.15, -0.1) is 0 Å². The van der Waals surface area contributed by atoms with Crippen LogP contribution >= 0.6 is 0 Å². The van der Waals surface area contributed by atoms with E-state index in [1.54, 1.807) is 41.5 Å². The van der Waals surface area contributed by atoms with Crippen molar-refractivity contribution in [2.45, 2.75) is 85.6 Å². The van der Waals surface area contributed by atoms with E-state index in [4.69, 9.17) is 10.2 Å². The van der Waals surface area contributed by atoms with Crippen molar-refractivity contribution in [3.63, 3.8) is 0 Å². The van der Waals surface area contributed by atoms with Crippen molar-refractivity contribution in [1.29, 1.82) is 0 Å². The molecule has 2 atom stereocenters. The molecule has 0 aliphatic heterocycles. The number of rotatable bonds is 5. The number of aliphatic hydroxyl groups excluding tert-OH is 2. The lowest BCUT2D eigenvalue weighted by atomic mass is 10.0. The molecule has 0 aromatic heterocycles. The van der Waals surface area contributed by atoms with Gasteiger partial charge in [0.1, 0.15) is 0 Å². The van der Waals surface area contributed by atoms with Crippen molar-refractivity contribution in [2.75, 3.05) is 13.1 Å². The Morgan fingerprint density at radius 2 is 0.923 bits per heavy atom. The van der Waals surface area contributed by atoms with Crippen LogP contribution in [0.2, 0.25) is 0 Å². The second-order valence-corrected chi connectivity index (χ2v) is 8.76. The first-order valence-corrected chi connectivity index (χ1v) is 8.55. The third kappa shape index (κ3) is 11.1. The molecule has 0 saturated heterocycles. The van der Waals surface area contributed by atoms with E-state index in [0.29, 0.717) is 0 Å². The Bertz CT molecular complexity index is 399. The normalized spacial score (nSPS) is 14.2. The summed E-state index contributed by atoms with van der Waals surface area (Å²) < 4.78 is 0. The first kappa shape index (κ1) is 26.7. The molecular weight excluding hydrogens is 340 g/mol. The molecule has 155 valence electrons. The molecule has 26 heavy (non-hydrogen) atoms. The van der Waals surface area contributed by atoms with Crippen molar-refractivity contribution in [1.82, 2.24) is 9.80 Å². The highest BCUT2D eigenvalue weighted by Gasteiger charge is 2.34. The Morgan fingerprint density at radius 1 is 0.731 bits per heavy atom. The lowest BCUT2D eigenvalue weighted by Gasteiger charge is -2.38. The largest absolute Gasteiger partial charge is 0.465 e. The van der Waals surface area contributed by atoms with E-state index in [1.807, 2.05) is 0 Å². The molecule has 0 fully saturated rings. The van der Waals surface area contributed by atoms with Gasteiger partial charge in [-0.2, -0.15) is 0 Å². The molecule has 0 spiro atoms. The molecule has 0 rings (SSSR count). The predicted molar refractivity (Wildman–Crippen MR) is 101 cm³/mol. The van der Waals surface area contributed by atoms with Gasteiger partial charge in [-0.25, -0.2) is 9.59 Å². The van der Waals surface area contributed by atoms with Crippen LogP contribution in [-0.4, -0.2) is 78.8 Å². The summed E-state index contributed by atoms with van der Waals surface area (Å²) >= 11 is 0. The number of carbonyl (C=O) groups is 2. The van der Waals surface area contributed by atoms with E-state index >= 15 is 0 Å². The highest BCUT2D eigenvalue weighted by atomic mass is 16.4. The van der Waals surface area contributed by atoms with Gasteiger partial charge in [0.2, 0.25) is 0 Å². The van der Waals surface area contributed by atoms with Crippen LogP contribution in [-0.2, 0) is 0 Å². The Kier molecular flexibility index (Phi) is 10.8. The van der Waals surface area contributed by atoms with Crippen LogP contribution < -0.4 is 0 Å². The number of nitrogens with zero attached hydrogens (tertiary/aromatic N) is 2. The summed E-state index contributed by atoms with van der Waals surface area (Å²) in [5, 5.41) is 38.4. The second kappa shape index (κ2) is 10.6. The highest BCUT2D eigenvalue weighted by molar-refractivity contribution is 5.66. The van der Waals surface area contributed by atoms with Crippen molar-refractivity contribution < 1.29 is 30.0 Å². The zero-order chi connectivity index (χ0) is 21.5. The fraction of sp³-hybridized carbons (Fsp3) is 0.833. The first-order valence-electron chi connectivity index (χ1n) is 8.55. The zero-order valence-corrected chi connectivity index (χ0v) is 17.6. The second-order valence-electron chi connectivity index (χ2n) is 8.76. The van der Waals surface area contributed by atoms with E-state index in [0.717, 1.165) is 9.80 Å². The van der Waals surface area contributed by atoms with Crippen LogP contribution in [0.4, 0.5) is 9.59 Å². The van der Waals surface area contributed by atoms with Gasteiger partial charge in [0.25, 0.3) is 0 Å². The Hall–Kier alpha value is -1.54. The summed E-state index contributed by atoms with van der Waals surface area (Å²) in [4.78, 5) is 24.5. The smallest absolute Gasteiger partial charge is 0.407 e. The summed E-state index contributed by atoms with van der Waals surface area (Å²) in [5.74, 6) is 1.42. The van der Waals surface area contributed by atoms with Crippen LogP contribution in [0.5, 0.6) is 0 Å². The third-order valence-electron chi connectivity index (χ3n) is 3.26. The minimum Gasteiger partial charge on any atom is -0.465 e. The van der Waals surface area contributed by atoms with Crippen molar-refractivity contribution in [3.05, 3.63) is 5.92 Å². The number of hydrogen-bond donors (Lipinski definition) is 4. The van der Waals surface area contributed by atoms with E-state index in [-0.39, 0.29) is 13.1 Å². The summed E-state index contributed by atoms with van der Waals surface area (Å²) in [6.45, 7) is 15.6. The third-order valence-corrected chi connectivity index (χ3v) is 3.26. The first-order chi connectivity index (χ1) is 11.4. The van der Waals surface area contributed by atoms with Gasteiger partial charge in [-0.3, -0.25) is 0 Å². The van der Waals surface area contributed by atoms with Crippen LogP contribution in [0, 0.1) is 5.92 Å². The van der Waals surface area contributed by atoms with Gasteiger partial charge in [0.05, 0.1) is 25.3 Å². The summed E-state index contributed by atoms with van der Waals surface area (Å²) in [5.41, 5.74) is -1.49. The summed E-state index contributed by atoms with van der Waals surface area (Å²) in [7, 11) is 0. The molecular formula is C18H37N2O6. The standard InChI is InChI=1S/C14H28N2O6.C4H9/c1-13(2,3)15(11(19)20)7-9(17)10(18)8-16(12(21)22)14(4,5)6;1-4(2)3/h9-10,17-18H,7-8H2,1-6H3,(H,19,20)(H,21,22);1-3H3. The fourth-order valence-corrected chi connectivity index (χ4v) is 1.90. The molecule has 0 aromatic carbocycles. The quantitative estimate of drug-likeness (QED) is 0.584. The maximum Gasteiger partial charge on any atom is 0.407 e. The van der Waals surface area contributed by atoms with Gasteiger partial charge < -0.3 is 30.2 Å². The number of β-amino-alcohol motifs (C(OH)–C–C–N with tert-alkyl or cyclic N) is 2. The van der Waals surface area contributed by atoms with Crippen molar-refractivity contribution in [3.8, 4) is 0 Å². The molecule has 8 nitrogen and oxygen atoms in total. The number of carboxylic acid groups (broad SMARTS) is 2. The number of aliphatic hydroxyl groups is 2. The molecule has 2 amide bonds. The van der Waals surface area contributed by atoms with E-state index in [9.17, 15) is 19.8 Å². The van der Waals surface area contributed by atoms with Gasteiger partial charge in [0.15, 0.2) is 0 Å². The predicted octanol–water partition coefficient (Wildman–Crippen LogP) is 2.89. The van der Waals surface area contributed by atoms with E-state index in [1.165, 1.54) is 5.92 Å². The van der Waals surface area contributed by atoms with Crippen LogP contribution in [0.1, 0.15) is 62.3 Å². The van der Waals surface area contributed by atoms with Crippen molar-refractivity contribution in [2.24, 2.45) is 0 Å². The molecule has 4 N–H and O–H groups in total. The average Bonchev–Trinajstić information content (AvgIpc) is 2.37. The molecule has 0 bridgehead atoms. The van der Waals surface area contributed by atoms with Crippen LogP contribution in [0.15, 0.2) is 0 Å². The van der Waals surface area contributed by atoms with Gasteiger partial charge in [0, 0.05) is 11.1 Å². The maximum absolute atomic E-state index is 11.2. The average molecular weight is 378 g/mol. The zero-order valence-electron chi connectivity index (χ0n) is 17.6. The molecule has 1 radical (unpaired) electrons. The van der Waals surface area contributed by atoms with Gasteiger partial charge in [-0.1, -0.05) is 20.8 Å². The molecule has 2 unspecified atom stereocenters. The molecule has 0 aliphatic rings. The Labute approximate surface area is 157 Å². The van der Waals surface area contributed by atoms with Crippen molar-refractivity contribution >= 4 is 12.2 Å². The Morgan fingerprint density at radius 3 is 1.04 bits per heavy atom. The maximum atomic E-state index is 11.2. The number of hydrogen-bond acceptors (Lipinski definition) is 4. The minimum absolute atomic E-state index is 0.308. The number of amides is 2. The topological polar surface area (TPSA) is 122 Å². The van der Waals surface area contributed by atoms with E-state index < -0.39 is 35.5 Å². The monoisotopic (exact) mass is 377 g/mol. The van der Waals surface area contributed by atoms with Crippen LogP contribution in [0.25, 0.3) is 0 Å². The molecule has 0 aliphatic carbocycles. The lowest BCUT2D eigenvalue weighted by molar-refractivity contribution is -0.0361. The highest BCUT2D eigenvalue weighted by Crippen LogP contribution is 2.17. The molecule has 0 saturated carbocycles. The summed E-state index contributed by atoms with van der Waals surface area (Å²) in [6, 6.07) is 0. The molecule has 0 heterocycles. The lowest BCUT2D eigenvalue weighted by Crippen LogP contribution is -2.55. The minimum atomic E-state index is -1.39. The van der Waals surface area contributed by atoms with Crippen LogP contribution in [0.3, 0.4) is 0 Å².